The van der Waals surface area contributed by atoms with Crippen LogP contribution in [0.15, 0.2) is 54.6 Å². The fraction of sp³-hybridized carbons (Fsp3) is 0.333. The number of piperidine rings is 1. The minimum absolute atomic E-state index is 0.0329. The van der Waals surface area contributed by atoms with Gasteiger partial charge in [-0.3, -0.25) is 9.59 Å². The van der Waals surface area contributed by atoms with Gasteiger partial charge in [-0.2, -0.15) is 0 Å². The smallest absolute Gasteiger partial charge is 0.314 e. The molecular formula is C21H23NO4. The van der Waals surface area contributed by atoms with E-state index in [1.807, 2.05) is 61.5 Å². The second-order valence-corrected chi connectivity index (χ2v) is 6.74. The van der Waals surface area contributed by atoms with E-state index in [0.717, 1.165) is 11.1 Å². The molecule has 0 aliphatic carbocycles. The molecule has 5 heteroatoms. The third kappa shape index (κ3) is 3.72. The van der Waals surface area contributed by atoms with Gasteiger partial charge in [-0.25, -0.2) is 0 Å². The van der Waals surface area contributed by atoms with E-state index in [2.05, 4.69) is 0 Å². The Bertz CT molecular complexity index is 780. The van der Waals surface area contributed by atoms with Crippen LogP contribution in [0.4, 0.5) is 0 Å². The summed E-state index contributed by atoms with van der Waals surface area (Å²) in [7, 11) is 0. The van der Waals surface area contributed by atoms with Gasteiger partial charge in [0.25, 0.3) is 5.91 Å². The number of amides is 1. The van der Waals surface area contributed by atoms with Gasteiger partial charge in [-0.05, 0) is 43.0 Å². The molecule has 2 aromatic rings. The number of ether oxygens (including phenoxy) is 1. The van der Waals surface area contributed by atoms with Crippen LogP contribution in [0.5, 0.6) is 5.75 Å². The summed E-state index contributed by atoms with van der Waals surface area (Å²) in [5.41, 5.74) is 0.952. The number of aliphatic carboxylic acids is 1. The first kappa shape index (κ1) is 18.0. The standard InChI is InChI=1S/C21H23NO4/c1-16-6-5-9-18(14-16)26-15-19(23)22-12-10-21(11-13-22,20(24)25)17-7-3-2-4-8-17/h2-9,14H,10-13,15H2,1H3,(H,24,25). The Hall–Kier alpha value is -2.82. The van der Waals surface area contributed by atoms with E-state index in [1.54, 1.807) is 4.90 Å². The van der Waals surface area contributed by atoms with Crippen molar-refractivity contribution in [3.8, 4) is 5.75 Å². The van der Waals surface area contributed by atoms with E-state index in [-0.39, 0.29) is 12.5 Å². The maximum atomic E-state index is 12.4. The van der Waals surface area contributed by atoms with Gasteiger partial charge in [-0.1, -0.05) is 42.5 Å². The fourth-order valence-electron chi connectivity index (χ4n) is 3.46. The number of hydrogen-bond donors (Lipinski definition) is 1. The van der Waals surface area contributed by atoms with Crippen LogP contribution in [-0.4, -0.2) is 41.6 Å². The van der Waals surface area contributed by atoms with Gasteiger partial charge in [0.1, 0.15) is 5.75 Å². The van der Waals surface area contributed by atoms with Crippen molar-refractivity contribution in [3.63, 3.8) is 0 Å². The minimum Gasteiger partial charge on any atom is -0.484 e. The second kappa shape index (κ2) is 7.60. The number of rotatable bonds is 5. The molecule has 1 saturated heterocycles. The SMILES string of the molecule is Cc1cccc(OCC(=O)N2CCC(C(=O)O)(c3ccccc3)CC2)c1. The van der Waals surface area contributed by atoms with Gasteiger partial charge in [0.15, 0.2) is 6.61 Å². The maximum absolute atomic E-state index is 12.4. The molecule has 1 aliphatic heterocycles. The van der Waals surface area contributed by atoms with Gasteiger partial charge >= 0.3 is 5.97 Å². The molecule has 5 nitrogen and oxygen atoms in total. The number of carbonyl (C=O) groups is 2. The summed E-state index contributed by atoms with van der Waals surface area (Å²) in [4.78, 5) is 26.1. The lowest BCUT2D eigenvalue weighted by atomic mass is 9.73. The number of aryl methyl sites for hydroxylation is 1. The summed E-state index contributed by atoms with van der Waals surface area (Å²) in [5.74, 6) is -0.273. The van der Waals surface area contributed by atoms with Gasteiger partial charge in [0.05, 0.1) is 5.41 Å². The van der Waals surface area contributed by atoms with E-state index in [0.29, 0.717) is 31.7 Å². The molecule has 0 bridgehead atoms. The molecule has 1 amide bonds. The average molecular weight is 353 g/mol. The number of nitrogens with zero attached hydrogens (tertiary/aromatic N) is 1. The summed E-state index contributed by atoms with van der Waals surface area (Å²) < 4.78 is 5.58. The molecule has 0 radical (unpaired) electrons. The lowest BCUT2D eigenvalue weighted by molar-refractivity contribution is -0.148. The van der Waals surface area contributed by atoms with Crippen molar-refractivity contribution in [1.29, 1.82) is 0 Å². The van der Waals surface area contributed by atoms with Crippen molar-refractivity contribution in [3.05, 3.63) is 65.7 Å². The van der Waals surface area contributed by atoms with Crippen LogP contribution in [0, 0.1) is 6.92 Å². The first-order valence-electron chi connectivity index (χ1n) is 8.77. The zero-order valence-electron chi connectivity index (χ0n) is 14.9. The normalized spacial score (nSPS) is 16.1. The Balaban J connectivity index is 1.62. The average Bonchev–Trinajstić information content (AvgIpc) is 2.67. The van der Waals surface area contributed by atoms with Crippen LogP contribution in [0.2, 0.25) is 0 Å². The summed E-state index contributed by atoms with van der Waals surface area (Å²) in [6, 6.07) is 16.8. The molecule has 0 unspecified atom stereocenters. The molecule has 0 saturated carbocycles. The molecule has 1 aliphatic rings. The van der Waals surface area contributed by atoms with Crippen LogP contribution in [0.25, 0.3) is 0 Å². The summed E-state index contributed by atoms with van der Waals surface area (Å²) in [6.07, 6.45) is 0.811. The quantitative estimate of drug-likeness (QED) is 0.897. The topological polar surface area (TPSA) is 66.8 Å². The first-order valence-corrected chi connectivity index (χ1v) is 8.77. The minimum atomic E-state index is -0.921. The van der Waals surface area contributed by atoms with E-state index in [4.69, 9.17) is 4.74 Å². The molecule has 3 rings (SSSR count). The molecule has 1 fully saturated rings. The van der Waals surface area contributed by atoms with Crippen molar-refractivity contribution >= 4 is 11.9 Å². The summed E-state index contributed by atoms with van der Waals surface area (Å²) >= 11 is 0. The highest BCUT2D eigenvalue weighted by Gasteiger charge is 2.43. The first-order chi connectivity index (χ1) is 12.5. The van der Waals surface area contributed by atoms with E-state index < -0.39 is 11.4 Å². The van der Waals surface area contributed by atoms with Crippen molar-refractivity contribution in [2.45, 2.75) is 25.2 Å². The molecule has 1 heterocycles. The van der Waals surface area contributed by atoms with Gasteiger partial charge in [0, 0.05) is 13.1 Å². The van der Waals surface area contributed by atoms with Crippen molar-refractivity contribution in [2.24, 2.45) is 0 Å². The summed E-state index contributed by atoms with van der Waals surface area (Å²) in [5, 5.41) is 9.82. The van der Waals surface area contributed by atoms with E-state index in [9.17, 15) is 14.7 Å². The number of carbonyl (C=O) groups excluding carboxylic acids is 1. The lowest BCUT2D eigenvalue weighted by Gasteiger charge is -2.39. The molecule has 0 spiro atoms. The lowest BCUT2D eigenvalue weighted by Crippen LogP contribution is -2.50. The molecule has 2 aromatic carbocycles. The van der Waals surface area contributed by atoms with E-state index >= 15 is 0 Å². The second-order valence-electron chi connectivity index (χ2n) is 6.74. The Morgan fingerprint density at radius 3 is 2.38 bits per heavy atom. The highest BCUT2D eigenvalue weighted by atomic mass is 16.5. The monoisotopic (exact) mass is 353 g/mol. The highest BCUT2D eigenvalue weighted by Crippen LogP contribution is 2.35. The van der Waals surface area contributed by atoms with Crippen molar-refractivity contribution < 1.29 is 19.4 Å². The molecule has 1 N–H and O–H groups in total. The molecule has 0 aromatic heterocycles. The van der Waals surface area contributed by atoms with E-state index in [1.165, 1.54) is 0 Å². The number of hydrogen-bond acceptors (Lipinski definition) is 3. The van der Waals surface area contributed by atoms with Crippen molar-refractivity contribution in [2.75, 3.05) is 19.7 Å². The Labute approximate surface area is 153 Å². The number of likely N-dealkylation sites (tertiary alicyclic amines) is 1. The van der Waals surface area contributed by atoms with Crippen LogP contribution >= 0.6 is 0 Å². The van der Waals surface area contributed by atoms with Crippen LogP contribution in [-0.2, 0) is 15.0 Å². The van der Waals surface area contributed by atoms with Gasteiger partial charge < -0.3 is 14.7 Å². The third-order valence-corrected chi connectivity index (χ3v) is 5.06. The molecule has 136 valence electrons. The predicted molar refractivity (Wildman–Crippen MR) is 98.2 cm³/mol. The Kier molecular flexibility index (Phi) is 5.26. The number of carboxylic acids is 1. The largest absolute Gasteiger partial charge is 0.484 e. The highest BCUT2D eigenvalue weighted by molar-refractivity contribution is 5.83. The summed E-state index contributed by atoms with van der Waals surface area (Å²) in [6.45, 7) is 2.76. The Morgan fingerprint density at radius 1 is 1.08 bits per heavy atom. The van der Waals surface area contributed by atoms with Crippen LogP contribution in [0.1, 0.15) is 24.0 Å². The van der Waals surface area contributed by atoms with Crippen LogP contribution in [0.3, 0.4) is 0 Å². The fourth-order valence-corrected chi connectivity index (χ4v) is 3.46. The van der Waals surface area contributed by atoms with Crippen LogP contribution < -0.4 is 4.74 Å². The maximum Gasteiger partial charge on any atom is 0.314 e. The zero-order chi connectivity index (χ0) is 18.6. The molecule has 0 atom stereocenters. The molecule has 26 heavy (non-hydrogen) atoms. The molecular weight excluding hydrogens is 330 g/mol. The zero-order valence-corrected chi connectivity index (χ0v) is 14.9. The number of benzene rings is 2. The van der Waals surface area contributed by atoms with Crippen molar-refractivity contribution in [1.82, 2.24) is 4.90 Å². The van der Waals surface area contributed by atoms with Gasteiger partial charge in [-0.15, -0.1) is 0 Å². The third-order valence-electron chi connectivity index (χ3n) is 5.06. The predicted octanol–water partition coefficient (Wildman–Crippen LogP) is 3.02. The Morgan fingerprint density at radius 2 is 1.77 bits per heavy atom. The van der Waals surface area contributed by atoms with Gasteiger partial charge in [0.2, 0.25) is 0 Å². The number of carboxylic acid groups (broad SMARTS) is 1.